The third kappa shape index (κ3) is 4.16. The largest absolute Gasteiger partial charge is 0.488 e. The van der Waals surface area contributed by atoms with Crippen LogP contribution in [-0.2, 0) is 11.8 Å². The zero-order chi connectivity index (χ0) is 23.9. The van der Waals surface area contributed by atoms with Crippen LogP contribution in [-0.4, -0.2) is 60.9 Å². The summed E-state index contributed by atoms with van der Waals surface area (Å²) in [6.07, 6.45) is 7.44. The van der Waals surface area contributed by atoms with Crippen molar-refractivity contribution >= 4 is 17.2 Å². The average molecular weight is 472 g/mol. The first-order valence-electron chi connectivity index (χ1n) is 12.2. The first-order chi connectivity index (χ1) is 17.1. The molecule has 1 saturated heterocycles. The van der Waals surface area contributed by atoms with Gasteiger partial charge in [-0.3, -0.25) is 19.4 Å². The number of hydrogen-bond donors (Lipinski definition) is 1. The second kappa shape index (κ2) is 8.81. The number of nitrogens with zero attached hydrogens (tertiary/aromatic N) is 6. The first kappa shape index (κ1) is 21.8. The molecule has 0 spiro atoms. The van der Waals surface area contributed by atoms with E-state index >= 15 is 0 Å². The highest BCUT2D eigenvalue weighted by atomic mass is 16.5. The number of anilines is 1. The molecule has 3 atom stereocenters. The summed E-state index contributed by atoms with van der Waals surface area (Å²) in [5.74, 6) is 1.45. The van der Waals surface area contributed by atoms with Gasteiger partial charge in [-0.05, 0) is 43.7 Å². The number of amides is 1. The molecule has 5 heterocycles. The van der Waals surface area contributed by atoms with E-state index in [4.69, 9.17) is 4.74 Å². The van der Waals surface area contributed by atoms with Crippen molar-refractivity contribution < 1.29 is 9.53 Å². The molecule has 0 bridgehead atoms. The molecule has 0 aromatic carbocycles. The lowest BCUT2D eigenvalue weighted by molar-refractivity contribution is -0.117. The van der Waals surface area contributed by atoms with Crippen molar-refractivity contribution in [3.63, 3.8) is 0 Å². The Bertz CT molecular complexity index is 1360. The van der Waals surface area contributed by atoms with Gasteiger partial charge in [-0.15, -0.1) is 0 Å². The van der Waals surface area contributed by atoms with E-state index < -0.39 is 0 Å². The number of rotatable bonds is 8. The van der Waals surface area contributed by atoms with Gasteiger partial charge in [-0.25, -0.2) is 4.52 Å². The Morgan fingerprint density at radius 3 is 2.94 bits per heavy atom. The Balaban J connectivity index is 1.16. The smallest absolute Gasteiger partial charge is 0.229 e. The van der Waals surface area contributed by atoms with Crippen LogP contribution in [0.15, 0.2) is 55.0 Å². The Hall–Kier alpha value is -3.72. The Kier molecular flexibility index (Phi) is 5.49. The number of pyridine rings is 2. The van der Waals surface area contributed by atoms with Crippen LogP contribution in [0.5, 0.6) is 5.75 Å². The standard InChI is InChI=1S/C26H29N7O2/c1-3-32-10-8-18(32)16-35-23-15-28-31(2)25(23)17-7-11-33-19(12-17)13-24(30-33)29-26(34)21-14-20(21)22-6-4-5-9-27-22/h4-7,9,11-13,15,18,20-21H,3,8,10,14,16H2,1-2H3,(H,29,30,34)/t18-,20?,21?/m1/s1. The molecule has 9 nitrogen and oxygen atoms in total. The molecule has 1 aliphatic carbocycles. The fraction of sp³-hybridized carbons (Fsp3) is 0.385. The van der Waals surface area contributed by atoms with Crippen LogP contribution in [0, 0.1) is 5.92 Å². The molecule has 6 rings (SSSR count). The molecule has 0 radical (unpaired) electrons. The minimum Gasteiger partial charge on any atom is -0.488 e. The number of carbonyl (C=O) groups excluding carboxylic acids is 1. The van der Waals surface area contributed by atoms with Gasteiger partial charge in [0.15, 0.2) is 11.6 Å². The molecule has 2 fully saturated rings. The number of likely N-dealkylation sites (N-methyl/N-ethyl adjacent to an activating group) is 1. The third-order valence-electron chi connectivity index (χ3n) is 7.19. The van der Waals surface area contributed by atoms with E-state index in [1.54, 1.807) is 16.9 Å². The number of fused-ring (bicyclic) bond motifs is 1. The average Bonchev–Trinajstić information content (AvgIpc) is 3.43. The second-order valence-corrected chi connectivity index (χ2v) is 9.37. The summed E-state index contributed by atoms with van der Waals surface area (Å²) in [5.41, 5.74) is 3.78. The molecule has 4 aromatic heterocycles. The normalized spacial score (nSPS) is 21.6. The van der Waals surface area contributed by atoms with Gasteiger partial charge in [0, 0.05) is 61.2 Å². The van der Waals surface area contributed by atoms with Crippen molar-refractivity contribution in [2.75, 3.05) is 25.0 Å². The van der Waals surface area contributed by atoms with Crippen molar-refractivity contribution in [2.24, 2.45) is 13.0 Å². The second-order valence-electron chi connectivity index (χ2n) is 9.37. The highest BCUT2D eigenvalue weighted by molar-refractivity contribution is 5.95. The molecule has 1 N–H and O–H groups in total. The van der Waals surface area contributed by atoms with E-state index in [0.717, 1.165) is 47.7 Å². The summed E-state index contributed by atoms with van der Waals surface area (Å²) < 4.78 is 9.80. The molecule has 9 heteroatoms. The van der Waals surface area contributed by atoms with Crippen LogP contribution in [0.1, 0.15) is 31.4 Å². The van der Waals surface area contributed by atoms with Crippen LogP contribution in [0.25, 0.3) is 16.8 Å². The Morgan fingerprint density at radius 2 is 2.17 bits per heavy atom. The van der Waals surface area contributed by atoms with Crippen LogP contribution >= 0.6 is 0 Å². The van der Waals surface area contributed by atoms with E-state index in [1.807, 2.05) is 54.3 Å². The lowest BCUT2D eigenvalue weighted by atomic mass is 10.0. The minimum atomic E-state index is -0.0567. The fourth-order valence-corrected chi connectivity index (χ4v) is 4.97. The lowest BCUT2D eigenvalue weighted by Crippen LogP contribution is -2.50. The topological polar surface area (TPSA) is 89.6 Å². The lowest BCUT2D eigenvalue weighted by Gasteiger charge is -2.39. The van der Waals surface area contributed by atoms with Crippen molar-refractivity contribution in [1.82, 2.24) is 29.3 Å². The number of nitrogens with one attached hydrogen (secondary N) is 1. The summed E-state index contributed by atoms with van der Waals surface area (Å²) in [5, 5.41) is 11.9. The van der Waals surface area contributed by atoms with E-state index in [0.29, 0.717) is 18.5 Å². The molecule has 4 aromatic rings. The molecule has 2 aliphatic rings. The fourth-order valence-electron chi connectivity index (χ4n) is 4.97. The van der Waals surface area contributed by atoms with Gasteiger partial charge in [-0.1, -0.05) is 13.0 Å². The van der Waals surface area contributed by atoms with Crippen molar-refractivity contribution in [3.05, 3.63) is 60.7 Å². The number of aromatic nitrogens is 5. The quantitative estimate of drug-likeness (QED) is 0.424. The maximum Gasteiger partial charge on any atom is 0.229 e. The number of ether oxygens (including phenoxy) is 1. The molecule has 1 aliphatic heterocycles. The summed E-state index contributed by atoms with van der Waals surface area (Å²) >= 11 is 0. The maximum absolute atomic E-state index is 12.8. The zero-order valence-corrected chi connectivity index (χ0v) is 20.0. The van der Waals surface area contributed by atoms with Gasteiger partial charge in [0.1, 0.15) is 12.3 Å². The van der Waals surface area contributed by atoms with Gasteiger partial charge in [0.2, 0.25) is 5.91 Å². The minimum absolute atomic E-state index is 0.0104. The number of likely N-dealkylation sites (tertiary alicyclic amines) is 1. The molecule has 1 saturated carbocycles. The van der Waals surface area contributed by atoms with Crippen molar-refractivity contribution in [2.45, 2.75) is 31.7 Å². The van der Waals surface area contributed by atoms with Gasteiger partial charge in [0.05, 0.1) is 11.7 Å². The van der Waals surface area contributed by atoms with Crippen LogP contribution < -0.4 is 10.1 Å². The van der Waals surface area contributed by atoms with Gasteiger partial charge < -0.3 is 10.1 Å². The number of aryl methyl sites for hydroxylation is 1. The maximum atomic E-state index is 12.8. The summed E-state index contributed by atoms with van der Waals surface area (Å²) in [7, 11) is 1.92. The van der Waals surface area contributed by atoms with Gasteiger partial charge in [0.25, 0.3) is 0 Å². The highest BCUT2D eigenvalue weighted by Gasteiger charge is 2.45. The Morgan fingerprint density at radius 1 is 1.26 bits per heavy atom. The molecule has 180 valence electrons. The highest BCUT2D eigenvalue weighted by Crippen LogP contribution is 2.47. The van der Waals surface area contributed by atoms with Crippen LogP contribution in [0.3, 0.4) is 0 Å². The van der Waals surface area contributed by atoms with Crippen LogP contribution in [0.4, 0.5) is 5.82 Å². The third-order valence-corrected chi connectivity index (χ3v) is 7.19. The number of carbonyl (C=O) groups is 1. The van der Waals surface area contributed by atoms with Crippen molar-refractivity contribution in [3.8, 4) is 17.0 Å². The summed E-state index contributed by atoms with van der Waals surface area (Å²) in [6.45, 7) is 5.04. The molecular weight excluding hydrogens is 442 g/mol. The SMILES string of the molecule is CCN1CC[C@@H]1COc1cnn(C)c1-c1ccn2nc(NC(=O)C3CC3c3ccccn3)cc2c1. The zero-order valence-electron chi connectivity index (χ0n) is 20.0. The molecular formula is C26H29N7O2. The predicted molar refractivity (Wildman–Crippen MR) is 132 cm³/mol. The van der Waals surface area contributed by atoms with Gasteiger partial charge >= 0.3 is 0 Å². The summed E-state index contributed by atoms with van der Waals surface area (Å²) in [4.78, 5) is 19.6. The van der Waals surface area contributed by atoms with E-state index in [9.17, 15) is 4.79 Å². The van der Waals surface area contributed by atoms with Gasteiger partial charge in [-0.2, -0.15) is 10.2 Å². The summed E-state index contributed by atoms with van der Waals surface area (Å²) in [6, 6.07) is 12.2. The molecule has 35 heavy (non-hydrogen) atoms. The monoisotopic (exact) mass is 471 g/mol. The predicted octanol–water partition coefficient (Wildman–Crippen LogP) is 3.35. The Labute approximate surface area is 203 Å². The van der Waals surface area contributed by atoms with E-state index in [2.05, 4.69) is 32.3 Å². The van der Waals surface area contributed by atoms with E-state index in [1.165, 1.54) is 6.42 Å². The molecule has 1 amide bonds. The number of hydrogen-bond acceptors (Lipinski definition) is 6. The van der Waals surface area contributed by atoms with Crippen LogP contribution in [0.2, 0.25) is 0 Å². The first-order valence-corrected chi connectivity index (χ1v) is 12.2. The van der Waals surface area contributed by atoms with E-state index in [-0.39, 0.29) is 17.7 Å². The van der Waals surface area contributed by atoms with Crippen molar-refractivity contribution in [1.29, 1.82) is 0 Å². The molecule has 2 unspecified atom stereocenters.